The van der Waals surface area contributed by atoms with Crippen LogP contribution >= 0.6 is 23.4 Å². The van der Waals surface area contributed by atoms with E-state index >= 15 is 0 Å². The number of benzene rings is 2. The summed E-state index contributed by atoms with van der Waals surface area (Å²) in [5.41, 5.74) is 1.66. The van der Waals surface area contributed by atoms with Crippen molar-refractivity contribution in [2.45, 2.75) is 15.8 Å². The molecule has 4 rings (SSSR count). The number of morpholine rings is 1. The minimum absolute atomic E-state index is 0.276. The molecule has 0 unspecified atom stereocenters. The molecule has 1 aliphatic heterocycles. The Morgan fingerprint density at radius 3 is 2.57 bits per heavy atom. The average Bonchev–Trinajstić information content (AvgIpc) is 3.14. The predicted octanol–water partition coefficient (Wildman–Crippen LogP) is 2.63. The van der Waals surface area contributed by atoms with Crippen LogP contribution in [-0.4, -0.2) is 53.9 Å². The number of nitrogen functional groups attached to an aromatic ring is 1. The van der Waals surface area contributed by atoms with Crippen molar-refractivity contribution in [3.63, 3.8) is 0 Å². The van der Waals surface area contributed by atoms with Crippen LogP contribution < -0.4 is 5.84 Å². The highest BCUT2D eigenvalue weighted by atomic mass is 35.5. The van der Waals surface area contributed by atoms with Crippen LogP contribution in [0, 0.1) is 0 Å². The van der Waals surface area contributed by atoms with Gasteiger partial charge >= 0.3 is 0 Å². The lowest BCUT2D eigenvalue weighted by molar-refractivity contribution is 0.0730. The molecule has 2 heterocycles. The Kier molecular flexibility index (Phi) is 6.30. The zero-order valence-electron chi connectivity index (χ0n) is 15.9. The molecular formula is C19H20ClN5O3S2. The van der Waals surface area contributed by atoms with Crippen molar-refractivity contribution in [2.24, 2.45) is 0 Å². The largest absolute Gasteiger partial charge is 0.379 e. The summed E-state index contributed by atoms with van der Waals surface area (Å²) in [5, 5.41) is 9.46. The number of aromatic nitrogens is 3. The molecule has 2 N–H and O–H groups in total. The summed E-state index contributed by atoms with van der Waals surface area (Å²) in [7, 11) is -3.54. The van der Waals surface area contributed by atoms with Crippen molar-refractivity contribution in [1.82, 2.24) is 19.2 Å². The van der Waals surface area contributed by atoms with Gasteiger partial charge in [0, 0.05) is 29.4 Å². The maximum Gasteiger partial charge on any atom is 0.243 e. The molecule has 0 aliphatic carbocycles. The number of hydrogen-bond donors (Lipinski definition) is 1. The van der Waals surface area contributed by atoms with E-state index in [0.29, 0.717) is 48.1 Å². The van der Waals surface area contributed by atoms with Crippen molar-refractivity contribution in [1.29, 1.82) is 0 Å². The quantitative estimate of drug-likeness (QED) is 0.440. The predicted molar refractivity (Wildman–Crippen MR) is 116 cm³/mol. The summed E-state index contributed by atoms with van der Waals surface area (Å²) in [6, 6.07) is 14.1. The zero-order chi connectivity index (χ0) is 21.1. The number of hydrogen-bond acceptors (Lipinski definition) is 7. The Morgan fingerprint density at radius 1 is 1.10 bits per heavy atom. The van der Waals surface area contributed by atoms with Gasteiger partial charge in [-0.05, 0) is 42.0 Å². The lowest BCUT2D eigenvalue weighted by atomic mass is 10.2. The van der Waals surface area contributed by atoms with E-state index < -0.39 is 10.0 Å². The van der Waals surface area contributed by atoms with Gasteiger partial charge in [0.15, 0.2) is 5.82 Å². The first kappa shape index (κ1) is 21.1. The topological polar surface area (TPSA) is 103 Å². The standard InChI is InChI=1S/C19H20ClN5O3S2/c20-16-6-4-15(5-7-16)18-22-23-19(25(18)21)29-13-14-2-1-3-17(12-14)30(26,27)24-8-10-28-11-9-24/h1-7,12H,8-11,13,21H2. The lowest BCUT2D eigenvalue weighted by Gasteiger charge is -2.26. The Bertz CT molecular complexity index is 1130. The first-order valence-electron chi connectivity index (χ1n) is 9.21. The van der Waals surface area contributed by atoms with Gasteiger partial charge in [0.05, 0.1) is 18.1 Å². The molecule has 0 amide bonds. The van der Waals surface area contributed by atoms with E-state index in [-0.39, 0.29) is 4.90 Å². The zero-order valence-corrected chi connectivity index (χ0v) is 18.3. The fourth-order valence-electron chi connectivity index (χ4n) is 3.05. The highest BCUT2D eigenvalue weighted by molar-refractivity contribution is 7.98. The first-order chi connectivity index (χ1) is 14.4. The second-order valence-corrected chi connectivity index (χ2v) is 9.95. The van der Waals surface area contributed by atoms with E-state index in [4.69, 9.17) is 22.2 Å². The van der Waals surface area contributed by atoms with Crippen LogP contribution in [0.2, 0.25) is 5.02 Å². The molecule has 0 radical (unpaired) electrons. The molecule has 8 nitrogen and oxygen atoms in total. The van der Waals surface area contributed by atoms with E-state index in [2.05, 4.69) is 10.2 Å². The summed E-state index contributed by atoms with van der Waals surface area (Å²) < 4.78 is 33.8. The summed E-state index contributed by atoms with van der Waals surface area (Å²) in [6.45, 7) is 1.56. The molecule has 1 saturated heterocycles. The molecule has 30 heavy (non-hydrogen) atoms. The fraction of sp³-hybridized carbons (Fsp3) is 0.263. The third-order valence-electron chi connectivity index (χ3n) is 4.64. The van der Waals surface area contributed by atoms with Gasteiger partial charge in [-0.2, -0.15) is 4.31 Å². The minimum atomic E-state index is -3.54. The second-order valence-electron chi connectivity index (χ2n) is 6.64. The van der Waals surface area contributed by atoms with Gasteiger partial charge in [-0.3, -0.25) is 0 Å². The van der Waals surface area contributed by atoms with E-state index in [1.165, 1.54) is 20.7 Å². The van der Waals surface area contributed by atoms with Crippen LogP contribution in [-0.2, 0) is 20.5 Å². The molecule has 0 atom stereocenters. The van der Waals surface area contributed by atoms with Crippen LogP contribution in [0.4, 0.5) is 0 Å². The van der Waals surface area contributed by atoms with E-state index in [1.54, 1.807) is 30.3 Å². The maximum atomic E-state index is 12.9. The SMILES string of the molecule is Nn1c(SCc2cccc(S(=O)(=O)N3CCOCC3)c2)nnc1-c1ccc(Cl)cc1. The van der Waals surface area contributed by atoms with Gasteiger partial charge in [0.25, 0.3) is 0 Å². The fourth-order valence-corrected chi connectivity index (χ4v) is 5.46. The Balaban J connectivity index is 1.48. The number of nitrogens with zero attached hydrogens (tertiary/aromatic N) is 4. The molecule has 1 fully saturated rings. The number of rotatable bonds is 6. The third-order valence-corrected chi connectivity index (χ3v) is 7.80. The number of halogens is 1. The molecule has 11 heteroatoms. The average molecular weight is 466 g/mol. The lowest BCUT2D eigenvalue weighted by Crippen LogP contribution is -2.40. The number of nitrogens with two attached hydrogens (primary N) is 1. The van der Waals surface area contributed by atoms with Gasteiger partial charge in [-0.15, -0.1) is 10.2 Å². The summed E-state index contributed by atoms with van der Waals surface area (Å²) in [5.74, 6) is 7.19. The molecule has 2 aromatic carbocycles. The molecule has 158 valence electrons. The molecule has 3 aromatic rings. The number of thioether (sulfide) groups is 1. The molecule has 1 aromatic heterocycles. The highest BCUT2D eigenvalue weighted by Gasteiger charge is 2.26. The van der Waals surface area contributed by atoms with Crippen LogP contribution in [0.15, 0.2) is 58.6 Å². The van der Waals surface area contributed by atoms with Gasteiger partial charge in [0.1, 0.15) is 0 Å². The highest BCUT2D eigenvalue weighted by Crippen LogP contribution is 2.26. The van der Waals surface area contributed by atoms with Gasteiger partial charge in [-0.1, -0.05) is 35.5 Å². The molecular weight excluding hydrogens is 446 g/mol. The smallest absolute Gasteiger partial charge is 0.243 e. The monoisotopic (exact) mass is 465 g/mol. The summed E-state index contributed by atoms with van der Waals surface area (Å²) >= 11 is 7.31. The summed E-state index contributed by atoms with van der Waals surface area (Å²) in [6.07, 6.45) is 0. The van der Waals surface area contributed by atoms with Crippen molar-refractivity contribution in [2.75, 3.05) is 32.1 Å². The van der Waals surface area contributed by atoms with Crippen LogP contribution in [0.3, 0.4) is 0 Å². The first-order valence-corrected chi connectivity index (χ1v) is 12.0. The van der Waals surface area contributed by atoms with Gasteiger partial charge in [0.2, 0.25) is 15.2 Å². The molecule has 0 saturated carbocycles. The van der Waals surface area contributed by atoms with Crippen molar-refractivity contribution in [3.05, 3.63) is 59.1 Å². The Labute approximate surface area is 184 Å². The number of sulfonamides is 1. The van der Waals surface area contributed by atoms with Crippen molar-refractivity contribution in [3.8, 4) is 11.4 Å². The van der Waals surface area contributed by atoms with E-state index in [0.717, 1.165) is 11.1 Å². The van der Waals surface area contributed by atoms with Gasteiger partial charge < -0.3 is 10.6 Å². The summed E-state index contributed by atoms with van der Waals surface area (Å²) in [4.78, 5) is 0.276. The molecule has 0 spiro atoms. The number of ether oxygens (including phenoxy) is 1. The molecule has 0 bridgehead atoms. The Morgan fingerprint density at radius 2 is 1.83 bits per heavy atom. The van der Waals surface area contributed by atoms with Crippen LogP contribution in [0.5, 0.6) is 0 Å². The van der Waals surface area contributed by atoms with Crippen LogP contribution in [0.1, 0.15) is 5.56 Å². The van der Waals surface area contributed by atoms with E-state index in [9.17, 15) is 8.42 Å². The normalized spacial score (nSPS) is 15.4. The molecule has 1 aliphatic rings. The van der Waals surface area contributed by atoms with Crippen molar-refractivity contribution >= 4 is 33.4 Å². The van der Waals surface area contributed by atoms with Crippen LogP contribution in [0.25, 0.3) is 11.4 Å². The van der Waals surface area contributed by atoms with Gasteiger partial charge in [-0.25, -0.2) is 13.1 Å². The maximum absolute atomic E-state index is 12.9. The Hall–Kier alpha value is -2.11. The van der Waals surface area contributed by atoms with E-state index in [1.807, 2.05) is 18.2 Å². The third kappa shape index (κ3) is 4.47. The minimum Gasteiger partial charge on any atom is -0.379 e. The van der Waals surface area contributed by atoms with Crippen molar-refractivity contribution < 1.29 is 13.2 Å². The second kappa shape index (κ2) is 8.94.